The highest BCUT2D eigenvalue weighted by molar-refractivity contribution is 7.10. The fraction of sp³-hybridized carbons (Fsp3) is 0.733. The van der Waals surface area contributed by atoms with Gasteiger partial charge in [-0.05, 0) is 36.8 Å². The molecular weight excluding hydrogens is 240 g/mol. The summed E-state index contributed by atoms with van der Waals surface area (Å²) in [6, 6.07) is 3.64. The minimum Gasteiger partial charge on any atom is -0.311 e. The van der Waals surface area contributed by atoms with Crippen molar-refractivity contribution in [1.82, 2.24) is 10.2 Å². The second-order valence-electron chi connectivity index (χ2n) is 5.39. The number of rotatable bonds is 5. The van der Waals surface area contributed by atoms with Gasteiger partial charge in [0.25, 0.3) is 0 Å². The number of nitrogens with one attached hydrogen (secondary N) is 1. The molecule has 0 aliphatic carbocycles. The SMILES string of the molecule is CCCC1CN(Cc2sccc2CC)C(C)CN1. The van der Waals surface area contributed by atoms with Crippen LogP contribution in [0.3, 0.4) is 0 Å². The molecule has 1 aromatic rings. The molecule has 2 atom stereocenters. The van der Waals surface area contributed by atoms with E-state index < -0.39 is 0 Å². The molecule has 0 saturated carbocycles. The van der Waals surface area contributed by atoms with Crippen LogP contribution in [0.2, 0.25) is 0 Å². The van der Waals surface area contributed by atoms with Crippen LogP contribution in [0.15, 0.2) is 11.4 Å². The lowest BCUT2D eigenvalue weighted by Crippen LogP contribution is -2.54. The third-order valence-electron chi connectivity index (χ3n) is 3.98. The fourth-order valence-corrected chi connectivity index (χ4v) is 3.76. The molecule has 1 saturated heterocycles. The number of piperazine rings is 1. The Kier molecular flexibility index (Phi) is 5.22. The van der Waals surface area contributed by atoms with Crippen molar-refractivity contribution in [2.75, 3.05) is 13.1 Å². The molecule has 0 radical (unpaired) electrons. The van der Waals surface area contributed by atoms with Crippen LogP contribution in [-0.4, -0.2) is 30.1 Å². The van der Waals surface area contributed by atoms with Gasteiger partial charge in [-0.2, -0.15) is 0 Å². The number of hydrogen-bond acceptors (Lipinski definition) is 3. The summed E-state index contributed by atoms with van der Waals surface area (Å²) in [4.78, 5) is 4.23. The van der Waals surface area contributed by atoms with Crippen LogP contribution in [-0.2, 0) is 13.0 Å². The van der Waals surface area contributed by atoms with E-state index in [2.05, 4.69) is 42.4 Å². The van der Waals surface area contributed by atoms with Crippen LogP contribution in [0.5, 0.6) is 0 Å². The van der Waals surface area contributed by atoms with Crippen molar-refractivity contribution in [3.05, 3.63) is 21.9 Å². The van der Waals surface area contributed by atoms with Crippen molar-refractivity contribution < 1.29 is 0 Å². The summed E-state index contributed by atoms with van der Waals surface area (Å²) in [5.41, 5.74) is 1.54. The summed E-state index contributed by atoms with van der Waals surface area (Å²) in [5, 5.41) is 5.91. The van der Waals surface area contributed by atoms with Gasteiger partial charge < -0.3 is 5.32 Å². The fourth-order valence-electron chi connectivity index (χ4n) is 2.76. The second-order valence-corrected chi connectivity index (χ2v) is 6.40. The van der Waals surface area contributed by atoms with Gasteiger partial charge in [0, 0.05) is 36.6 Å². The Morgan fingerprint density at radius 2 is 2.28 bits per heavy atom. The van der Waals surface area contributed by atoms with Crippen molar-refractivity contribution in [2.24, 2.45) is 0 Å². The molecule has 0 bridgehead atoms. The lowest BCUT2D eigenvalue weighted by atomic mass is 10.1. The standard InChI is InChI=1S/C15H26N2S/c1-4-6-14-10-17(12(3)9-16-14)11-15-13(5-2)7-8-18-15/h7-8,12,14,16H,4-6,9-11H2,1-3H3. The Hall–Kier alpha value is -0.380. The molecule has 2 rings (SSSR count). The van der Waals surface area contributed by atoms with Crippen LogP contribution < -0.4 is 5.32 Å². The molecule has 1 fully saturated rings. The minimum atomic E-state index is 0.657. The first-order valence-corrected chi connectivity index (χ1v) is 8.15. The van der Waals surface area contributed by atoms with Crippen molar-refractivity contribution in [2.45, 2.75) is 58.7 Å². The average Bonchev–Trinajstić information content (AvgIpc) is 2.81. The monoisotopic (exact) mass is 266 g/mol. The second kappa shape index (κ2) is 6.69. The average molecular weight is 266 g/mol. The molecule has 2 unspecified atom stereocenters. The largest absolute Gasteiger partial charge is 0.311 e. The van der Waals surface area contributed by atoms with Crippen molar-refractivity contribution in [3.63, 3.8) is 0 Å². The lowest BCUT2D eigenvalue weighted by molar-refractivity contribution is 0.130. The molecule has 0 aromatic carbocycles. The van der Waals surface area contributed by atoms with E-state index in [1.165, 1.54) is 24.9 Å². The topological polar surface area (TPSA) is 15.3 Å². The molecule has 3 heteroatoms. The van der Waals surface area contributed by atoms with Crippen molar-refractivity contribution >= 4 is 11.3 Å². The zero-order valence-corrected chi connectivity index (χ0v) is 12.7. The molecule has 0 spiro atoms. The molecule has 1 aliphatic rings. The first-order chi connectivity index (χ1) is 8.74. The molecule has 0 amide bonds. The maximum atomic E-state index is 3.67. The Morgan fingerprint density at radius 1 is 1.44 bits per heavy atom. The summed E-state index contributed by atoms with van der Waals surface area (Å²) in [5.74, 6) is 0. The number of thiophene rings is 1. The molecule has 18 heavy (non-hydrogen) atoms. The summed E-state index contributed by atoms with van der Waals surface area (Å²) in [7, 11) is 0. The maximum Gasteiger partial charge on any atom is 0.0334 e. The summed E-state index contributed by atoms with van der Waals surface area (Å²) >= 11 is 1.92. The predicted molar refractivity (Wildman–Crippen MR) is 80.3 cm³/mol. The molecule has 2 nitrogen and oxygen atoms in total. The molecule has 2 heterocycles. The third-order valence-corrected chi connectivity index (χ3v) is 4.93. The summed E-state index contributed by atoms with van der Waals surface area (Å²) in [6.45, 7) is 10.4. The normalized spacial score (nSPS) is 25.5. The molecule has 1 N–H and O–H groups in total. The van der Waals surface area contributed by atoms with E-state index in [4.69, 9.17) is 0 Å². The van der Waals surface area contributed by atoms with Crippen molar-refractivity contribution in [3.8, 4) is 0 Å². The lowest BCUT2D eigenvalue weighted by Gasteiger charge is -2.38. The Bertz CT molecular complexity index is 361. The summed E-state index contributed by atoms with van der Waals surface area (Å²) in [6.07, 6.45) is 3.74. The zero-order chi connectivity index (χ0) is 13.0. The van der Waals surface area contributed by atoms with E-state index in [9.17, 15) is 0 Å². The van der Waals surface area contributed by atoms with Crippen LogP contribution in [0.1, 0.15) is 44.1 Å². The first kappa shape index (κ1) is 14.0. The number of aryl methyl sites for hydroxylation is 1. The smallest absolute Gasteiger partial charge is 0.0334 e. The Labute approximate surface area is 115 Å². The van der Waals surface area contributed by atoms with E-state index in [0.717, 1.165) is 19.5 Å². The third kappa shape index (κ3) is 3.34. The van der Waals surface area contributed by atoms with Crippen molar-refractivity contribution in [1.29, 1.82) is 0 Å². The Morgan fingerprint density at radius 3 is 3.00 bits per heavy atom. The zero-order valence-electron chi connectivity index (χ0n) is 11.9. The van der Waals surface area contributed by atoms with Crippen LogP contribution in [0.25, 0.3) is 0 Å². The van der Waals surface area contributed by atoms with Crippen LogP contribution in [0.4, 0.5) is 0 Å². The quantitative estimate of drug-likeness (QED) is 0.880. The van der Waals surface area contributed by atoms with Crippen LogP contribution in [0, 0.1) is 0 Å². The highest BCUT2D eigenvalue weighted by atomic mass is 32.1. The molecule has 102 valence electrons. The molecule has 1 aromatic heterocycles. The van der Waals surface area contributed by atoms with E-state index in [1.807, 2.05) is 11.3 Å². The van der Waals surface area contributed by atoms with E-state index in [0.29, 0.717) is 12.1 Å². The first-order valence-electron chi connectivity index (χ1n) is 7.27. The van der Waals surface area contributed by atoms with Gasteiger partial charge in [-0.1, -0.05) is 20.3 Å². The van der Waals surface area contributed by atoms with Gasteiger partial charge in [-0.3, -0.25) is 4.90 Å². The maximum absolute atomic E-state index is 3.67. The molecular formula is C15H26N2S. The highest BCUT2D eigenvalue weighted by Crippen LogP contribution is 2.22. The van der Waals surface area contributed by atoms with Crippen LogP contribution >= 0.6 is 11.3 Å². The van der Waals surface area contributed by atoms with Gasteiger partial charge in [0.1, 0.15) is 0 Å². The van der Waals surface area contributed by atoms with Gasteiger partial charge in [-0.25, -0.2) is 0 Å². The van der Waals surface area contributed by atoms with Gasteiger partial charge in [0.15, 0.2) is 0 Å². The number of hydrogen-bond donors (Lipinski definition) is 1. The van der Waals surface area contributed by atoms with E-state index in [1.54, 1.807) is 4.88 Å². The predicted octanol–water partition coefficient (Wildman–Crippen LogP) is 3.27. The highest BCUT2D eigenvalue weighted by Gasteiger charge is 2.24. The molecule has 1 aliphatic heterocycles. The van der Waals surface area contributed by atoms with E-state index in [-0.39, 0.29) is 0 Å². The van der Waals surface area contributed by atoms with Gasteiger partial charge in [0.05, 0.1) is 0 Å². The Balaban J connectivity index is 1.98. The van der Waals surface area contributed by atoms with Gasteiger partial charge >= 0.3 is 0 Å². The summed E-state index contributed by atoms with van der Waals surface area (Å²) < 4.78 is 0. The number of nitrogens with zero attached hydrogens (tertiary/aromatic N) is 1. The van der Waals surface area contributed by atoms with Gasteiger partial charge in [0.2, 0.25) is 0 Å². The van der Waals surface area contributed by atoms with Gasteiger partial charge in [-0.15, -0.1) is 11.3 Å². The van der Waals surface area contributed by atoms with E-state index >= 15 is 0 Å². The minimum absolute atomic E-state index is 0.657.